The number of hydrogen-bond acceptors (Lipinski definition) is 10. The standard InChI is InChI=1S/C32H50O10/c1-8-9-10-11-12-13-14-23-15-19(2)16-24(37-6)17-25-20(3)26(18-32(36,42-25)21(4)30(35)40-23)41-31-29(38-7)28(34)27(33)22(5)39-31/h8,11-14,16,20-29,31,33-34,36H,1,9-10,15,17-18H2,2-7H3/b12-11+,14-13+,19-16+/t20-,21-,22+,23+,24-,25+,26+,27+,28-,29-,31+,32+/m1/s1. The first-order chi connectivity index (χ1) is 19.9. The molecule has 0 amide bonds. The van der Waals surface area contributed by atoms with E-state index in [4.69, 9.17) is 28.4 Å². The van der Waals surface area contributed by atoms with Crippen molar-refractivity contribution in [3.05, 3.63) is 48.6 Å². The molecule has 0 unspecified atom stereocenters. The molecule has 3 aliphatic rings. The molecule has 2 fully saturated rings. The summed E-state index contributed by atoms with van der Waals surface area (Å²) in [5.41, 5.74) is 0.986. The largest absolute Gasteiger partial charge is 0.457 e. The molecule has 0 aromatic rings. The molecule has 10 nitrogen and oxygen atoms in total. The Labute approximate surface area is 250 Å². The molecular formula is C32H50O10. The summed E-state index contributed by atoms with van der Waals surface area (Å²) in [5.74, 6) is -3.80. The predicted molar refractivity (Wildman–Crippen MR) is 156 cm³/mol. The minimum atomic E-state index is -1.91. The number of fused-ring (bicyclic) bond motifs is 2. The molecule has 2 saturated heterocycles. The summed E-state index contributed by atoms with van der Waals surface area (Å²) in [6, 6.07) is 0. The summed E-state index contributed by atoms with van der Waals surface area (Å²) in [6.07, 6.45) is 6.90. The fourth-order valence-electron chi connectivity index (χ4n) is 5.70. The van der Waals surface area contributed by atoms with E-state index in [1.807, 2.05) is 50.3 Å². The molecule has 3 heterocycles. The van der Waals surface area contributed by atoms with Gasteiger partial charge in [0.25, 0.3) is 0 Å². The Morgan fingerprint density at radius 3 is 2.52 bits per heavy atom. The average Bonchev–Trinajstić information content (AvgIpc) is 2.94. The molecular weight excluding hydrogens is 544 g/mol. The summed E-state index contributed by atoms with van der Waals surface area (Å²) >= 11 is 0. The topological polar surface area (TPSA) is 133 Å². The van der Waals surface area contributed by atoms with E-state index in [-0.39, 0.29) is 18.4 Å². The SMILES string of the molecule is C=CCC/C=C/C=C/[C@H]1C/C(C)=C/[C@@H](OC)C[C@@H]2O[C@@](O)(C[C@H](O[C@@H]3O[C@@H](C)[C@H](O)[C@@H](O)[C@H]3OC)[C@@H]2C)[C@H](C)C(=O)O1. The number of unbranched alkanes of at least 4 members (excludes halogenated alkanes) is 1. The summed E-state index contributed by atoms with van der Waals surface area (Å²) in [6.45, 7) is 10.9. The molecule has 238 valence electrons. The Hall–Kier alpha value is -1.89. The molecule has 0 aromatic heterocycles. The predicted octanol–water partition coefficient (Wildman–Crippen LogP) is 3.35. The van der Waals surface area contributed by atoms with Gasteiger partial charge in [-0.15, -0.1) is 6.58 Å². The fraction of sp³-hybridized carbons (Fsp3) is 0.719. The molecule has 12 atom stereocenters. The maximum Gasteiger partial charge on any atom is 0.314 e. The Balaban J connectivity index is 1.90. The first kappa shape index (κ1) is 34.6. The van der Waals surface area contributed by atoms with Crippen LogP contribution in [-0.2, 0) is 33.2 Å². The highest BCUT2D eigenvalue weighted by Crippen LogP contribution is 2.41. The van der Waals surface area contributed by atoms with Crippen molar-refractivity contribution >= 4 is 5.97 Å². The van der Waals surface area contributed by atoms with Crippen molar-refractivity contribution in [1.82, 2.24) is 0 Å². The van der Waals surface area contributed by atoms with Gasteiger partial charge in [0.15, 0.2) is 12.1 Å². The number of aliphatic hydroxyl groups is 3. The quantitative estimate of drug-likeness (QED) is 0.158. The molecule has 0 aliphatic carbocycles. The lowest BCUT2D eigenvalue weighted by atomic mass is 9.81. The highest BCUT2D eigenvalue weighted by Gasteiger charge is 2.53. The number of hydrogen-bond donors (Lipinski definition) is 3. The highest BCUT2D eigenvalue weighted by atomic mass is 16.7. The molecule has 3 aliphatic heterocycles. The molecule has 42 heavy (non-hydrogen) atoms. The van der Waals surface area contributed by atoms with Gasteiger partial charge >= 0.3 is 5.97 Å². The maximum absolute atomic E-state index is 13.4. The second-order valence-electron chi connectivity index (χ2n) is 11.7. The number of allylic oxidation sites excluding steroid dienone is 4. The first-order valence-corrected chi connectivity index (χ1v) is 14.9. The van der Waals surface area contributed by atoms with Crippen molar-refractivity contribution in [2.75, 3.05) is 14.2 Å². The summed E-state index contributed by atoms with van der Waals surface area (Å²) in [7, 11) is 3.02. The zero-order valence-corrected chi connectivity index (χ0v) is 25.8. The Morgan fingerprint density at radius 2 is 1.86 bits per heavy atom. The molecule has 10 heteroatoms. The summed E-state index contributed by atoms with van der Waals surface area (Å²) in [4.78, 5) is 13.4. The molecule has 3 N–H and O–H groups in total. The molecule has 0 spiro atoms. The van der Waals surface area contributed by atoms with E-state index in [1.165, 1.54) is 7.11 Å². The number of carbonyl (C=O) groups excluding carboxylic acids is 1. The van der Waals surface area contributed by atoms with E-state index in [0.29, 0.717) is 12.8 Å². The third-order valence-electron chi connectivity index (χ3n) is 8.56. The summed E-state index contributed by atoms with van der Waals surface area (Å²) in [5, 5.41) is 32.7. The van der Waals surface area contributed by atoms with E-state index in [9.17, 15) is 20.1 Å². The number of aliphatic hydroxyl groups excluding tert-OH is 2. The number of rotatable bonds is 9. The molecule has 0 radical (unpaired) electrons. The number of esters is 1. The Bertz CT molecular complexity index is 978. The monoisotopic (exact) mass is 594 g/mol. The van der Waals surface area contributed by atoms with Gasteiger partial charge in [0.2, 0.25) is 0 Å². The van der Waals surface area contributed by atoms with Crippen LogP contribution >= 0.6 is 0 Å². The molecule has 0 saturated carbocycles. The van der Waals surface area contributed by atoms with Gasteiger partial charge in [-0.05, 0) is 39.7 Å². The minimum absolute atomic E-state index is 0.0523. The van der Waals surface area contributed by atoms with Gasteiger partial charge in [-0.1, -0.05) is 42.9 Å². The lowest BCUT2D eigenvalue weighted by Gasteiger charge is -2.49. The number of cyclic esters (lactones) is 1. The van der Waals surface area contributed by atoms with Crippen LogP contribution < -0.4 is 0 Å². The van der Waals surface area contributed by atoms with Gasteiger partial charge < -0.3 is 43.7 Å². The van der Waals surface area contributed by atoms with Crippen LogP contribution in [0.5, 0.6) is 0 Å². The third-order valence-corrected chi connectivity index (χ3v) is 8.56. The lowest BCUT2D eigenvalue weighted by Crippen LogP contribution is -2.61. The lowest BCUT2D eigenvalue weighted by molar-refractivity contribution is -0.353. The van der Waals surface area contributed by atoms with Crippen LogP contribution in [0.15, 0.2) is 48.6 Å². The van der Waals surface area contributed by atoms with Gasteiger partial charge in [-0.25, -0.2) is 0 Å². The number of carbonyl (C=O) groups is 1. The van der Waals surface area contributed by atoms with Gasteiger partial charge in [0, 0.05) is 39.4 Å². The van der Waals surface area contributed by atoms with Crippen molar-refractivity contribution in [3.8, 4) is 0 Å². The normalized spacial score (nSPS) is 43.3. The van der Waals surface area contributed by atoms with E-state index < -0.39 is 66.7 Å². The van der Waals surface area contributed by atoms with Gasteiger partial charge in [0.1, 0.15) is 30.3 Å². The smallest absolute Gasteiger partial charge is 0.314 e. The first-order valence-electron chi connectivity index (χ1n) is 14.9. The third kappa shape index (κ3) is 8.60. The van der Waals surface area contributed by atoms with Gasteiger partial charge in [-0.3, -0.25) is 4.79 Å². The van der Waals surface area contributed by atoms with Crippen LogP contribution in [0.25, 0.3) is 0 Å². The summed E-state index contributed by atoms with van der Waals surface area (Å²) < 4.78 is 35.6. The van der Waals surface area contributed by atoms with Crippen LogP contribution in [0.1, 0.15) is 59.8 Å². The van der Waals surface area contributed by atoms with Crippen molar-refractivity contribution < 1.29 is 48.5 Å². The van der Waals surface area contributed by atoms with Gasteiger partial charge in [-0.2, -0.15) is 0 Å². The Morgan fingerprint density at radius 1 is 1.12 bits per heavy atom. The fourth-order valence-corrected chi connectivity index (χ4v) is 5.70. The van der Waals surface area contributed by atoms with Crippen molar-refractivity contribution in [1.29, 1.82) is 0 Å². The second kappa shape index (κ2) is 15.7. The van der Waals surface area contributed by atoms with Crippen molar-refractivity contribution in [3.63, 3.8) is 0 Å². The van der Waals surface area contributed by atoms with Crippen LogP contribution in [0.4, 0.5) is 0 Å². The van der Waals surface area contributed by atoms with Crippen LogP contribution in [0.3, 0.4) is 0 Å². The van der Waals surface area contributed by atoms with Crippen LogP contribution in [-0.4, -0.2) is 96.4 Å². The van der Waals surface area contributed by atoms with E-state index in [2.05, 4.69) is 6.58 Å². The maximum atomic E-state index is 13.4. The van der Waals surface area contributed by atoms with Crippen LogP contribution in [0, 0.1) is 11.8 Å². The van der Waals surface area contributed by atoms with Crippen LogP contribution in [0.2, 0.25) is 0 Å². The average molecular weight is 595 g/mol. The molecule has 2 bridgehead atoms. The van der Waals surface area contributed by atoms with E-state index in [1.54, 1.807) is 21.0 Å². The minimum Gasteiger partial charge on any atom is -0.457 e. The number of ether oxygens (including phenoxy) is 6. The van der Waals surface area contributed by atoms with Crippen molar-refractivity contribution in [2.45, 2.75) is 121 Å². The molecule has 3 rings (SSSR count). The zero-order chi connectivity index (χ0) is 31.0. The van der Waals surface area contributed by atoms with Gasteiger partial charge in [0.05, 0.1) is 24.4 Å². The zero-order valence-electron chi connectivity index (χ0n) is 25.8. The molecule has 0 aromatic carbocycles. The van der Waals surface area contributed by atoms with Crippen molar-refractivity contribution in [2.24, 2.45) is 11.8 Å². The highest BCUT2D eigenvalue weighted by molar-refractivity contribution is 5.73. The Kier molecular flexibility index (Phi) is 13.0. The van der Waals surface area contributed by atoms with E-state index >= 15 is 0 Å². The second-order valence-corrected chi connectivity index (χ2v) is 11.7. The van der Waals surface area contributed by atoms with E-state index in [0.717, 1.165) is 18.4 Å². The number of methoxy groups -OCH3 is 2.